The lowest BCUT2D eigenvalue weighted by atomic mass is 9.90. The summed E-state index contributed by atoms with van der Waals surface area (Å²) in [6.45, 7) is 6.93. The maximum atomic E-state index is 12.0. The van der Waals surface area contributed by atoms with E-state index in [4.69, 9.17) is 5.11 Å². The highest BCUT2D eigenvalue weighted by atomic mass is 16.3. The lowest BCUT2D eigenvalue weighted by Gasteiger charge is -2.40. The average molecular weight is 242 g/mol. The molecule has 17 heavy (non-hydrogen) atoms. The zero-order chi connectivity index (χ0) is 12.8. The fourth-order valence-corrected chi connectivity index (χ4v) is 2.22. The number of carbonyl (C=O) groups excluding carboxylic acids is 1. The standard InChI is InChI=1S/C13H26N2O2/c1-10(2)14-13(17)11(3)15(8-5-9-16)12-6-4-7-12/h10-12,16H,4-9H2,1-3H3,(H,14,17). The van der Waals surface area contributed by atoms with Crippen molar-refractivity contribution in [2.45, 2.75) is 64.6 Å². The van der Waals surface area contributed by atoms with Crippen LogP contribution in [-0.4, -0.2) is 47.2 Å². The monoisotopic (exact) mass is 242 g/mol. The topological polar surface area (TPSA) is 52.6 Å². The molecule has 0 saturated heterocycles. The van der Waals surface area contributed by atoms with Gasteiger partial charge in [0.25, 0.3) is 0 Å². The van der Waals surface area contributed by atoms with E-state index in [2.05, 4.69) is 10.2 Å². The van der Waals surface area contributed by atoms with Gasteiger partial charge in [-0.25, -0.2) is 0 Å². The molecule has 1 saturated carbocycles. The third kappa shape index (κ3) is 4.28. The van der Waals surface area contributed by atoms with E-state index in [0.717, 1.165) is 13.0 Å². The van der Waals surface area contributed by atoms with Gasteiger partial charge in [-0.15, -0.1) is 0 Å². The average Bonchev–Trinajstić information content (AvgIpc) is 2.19. The van der Waals surface area contributed by atoms with E-state index < -0.39 is 0 Å². The first-order valence-electron chi connectivity index (χ1n) is 6.73. The Morgan fingerprint density at radius 2 is 2.06 bits per heavy atom. The van der Waals surface area contributed by atoms with Gasteiger partial charge in [0.1, 0.15) is 0 Å². The van der Waals surface area contributed by atoms with Crippen LogP contribution in [0.2, 0.25) is 0 Å². The lowest BCUT2D eigenvalue weighted by molar-refractivity contribution is -0.128. The van der Waals surface area contributed by atoms with Crippen LogP contribution in [0.1, 0.15) is 46.5 Å². The zero-order valence-electron chi connectivity index (χ0n) is 11.3. The number of nitrogens with one attached hydrogen (secondary N) is 1. The molecule has 1 rings (SSSR count). The molecular weight excluding hydrogens is 216 g/mol. The summed E-state index contributed by atoms with van der Waals surface area (Å²) in [5.41, 5.74) is 0. The van der Waals surface area contributed by atoms with Crippen LogP contribution in [0.4, 0.5) is 0 Å². The maximum absolute atomic E-state index is 12.0. The minimum Gasteiger partial charge on any atom is -0.396 e. The zero-order valence-corrected chi connectivity index (χ0v) is 11.3. The highest BCUT2D eigenvalue weighted by molar-refractivity contribution is 5.81. The van der Waals surface area contributed by atoms with Gasteiger partial charge in [-0.1, -0.05) is 6.42 Å². The van der Waals surface area contributed by atoms with Gasteiger partial charge < -0.3 is 10.4 Å². The van der Waals surface area contributed by atoms with E-state index in [1.165, 1.54) is 19.3 Å². The van der Waals surface area contributed by atoms with E-state index >= 15 is 0 Å². The van der Waals surface area contributed by atoms with Crippen LogP contribution in [0.3, 0.4) is 0 Å². The van der Waals surface area contributed by atoms with E-state index in [1.807, 2.05) is 20.8 Å². The molecule has 1 unspecified atom stereocenters. The van der Waals surface area contributed by atoms with Crippen LogP contribution in [0.15, 0.2) is 0 Å². The summed E-state index contributed by atoms with van der Waals surface area (Å²) in [6.07, 6.45) is 4.38. The molecule has 1 aliphatic rings. The Balaban J connectivity index is 2.51. The molecule has 0 aromatic carbocycles. The highest BCUT2D eigenvalue weighted by Gasteiger charge is 2.31. The van der Waals surface area contributed by atoms with Crippen molar-refractivity contribution in [1.82, 2.24) is 10.2 Å². The SMILES string of the molecule is CC(C)NC(=O)C(C)N(CCCO)C1CCC1. The van der Waals surface area contributed by atoms with Gasteiger partial charge in [-0.05, 0) is 40.0 Å². The molecule has 0 aromatic rings. The Bertz CT molecular complexity index is 240. The first-order valence-corrected chi connectivity index (χ1v) is 6.73. The van der Waals surface area contributed by atoms with Gasteiger partial charge >= 0.3 is 0 Å². The number of nitrogens with zero attached hydrogens (tertiary/aromatic N) is 1. The summed E-state index contributed by atoms with van der Waals surface area (Å²) < 4.78 is 0. The molecule has 0 aromatic heterocycles. The van der Waals surface area contributed by atoms with E-state index in [0.29, 0.717) is 6.04 Å². The molecule has 0 bridgehead atoms. The van der Waals surface area contributed by atoms with Crippen molar-refractivity contribution in [1.29, 1.82) is 0 Å². The van der Waals surface area contributed by atoms with Crippen LogP contribution < -0.4 is 5.32 Å². The fraction of sp³-hybridized carbons (Fsp3) is 0.923. The molecule has 1 fully saturated rings. The number of amides is 1. The van der Waals surface area contributed by atoms with Crippen LogP contribution in [0.25, 0.3) is 0 Å². The van der Waals surface area contributed by atoms with Crippen LogP contribution in [0, 0.1) is 0 Å². The second kappa shape index (κ2) is 6.97. The molecule has 0 spiro atoms. The Kier molecular flexibility index (Phi) is 5.92. The second-order valence-electron chi connectivity index (χ2n) is 5.24. The molecule has 0 heterocycles. The summed E-state index contributed by atoms with van der Waals surface area (Å²) in [6, 6.07) is 0.634. The van der Waals surface area contributed by atoms with Crippen LogP contribution in [0.5, 0.6) is 0 Å². The molecule has 4 nitrogen and oxygen atoms in total. The number of carbonyl (C=O) groups is 1. The Labute approximate surface area is 104 Å². The molecule has 0 aliphatic heterocycles. The quantitative estimate of drug-likeness (QED) is 0.704. The normalized spacial score (nSPS) is 18.2. The van der Waals surface area contributed by atoms with E-state index in [-0.39, 0.29) is 24.6 Å². The fourth-order valence-electron chi connectivity index (χ4n) is 2.22. The third-order valence-electron chi connectivity index (χ3n) is 3.43. The minimum absolute atomic E-state index is 0.0887. The number of rotatable bonds is 7. The van der Waals surface area contributed by atoms with Crippen LogP contribution in [-0.2, 0) is 4.79 Å². The van der Waals surface area contributed by atoms with Crippen molar-refractivity contribution in [2.24, 2.45) is 0 Å². The van der Waals surface area contributed by atoms with Gasteiger partial charge in [0.05, 0.1) is 6.04 Å². The predicted octanol–water partition coefficient (Wildman–Crippen LogP) is 1.14. The maximum Gasteiger partial charge on any atom is 0.237 e. The summed E-state index contributed by atoms with van der Waals surface area (Å²) in [5.74, 6) is 0.102. The Hall–Kier alpha value is -0.610. The van der Waals surface area contributed by atoms with Crippen molar-refractivity contribution >= 4 is 5.91 Å². The summed E-state index contributed by atoms with van der Waals surface area (Å²) in [5, 5.41) is 11.9. The van der Waals surface area contributed by atoms with Crippen molar-refractivity contribution in [3.8, 4) is 0 Å². The molecule has 0 radical (unpaired) electrons. The number of hydrogen-bond acceptors (Lipinski definition) is 3. The third-order valence-corrected chi connectivity index (χ3v) is 3.43. The van der Waals surface area contributed by atoms with Gasteiger partial charge in [0.2, 0.25) is 5.91 Å². The van der Waals surface area contributed by atoms with Crippen molar-refractivity contribution in [2.75, 3.05) is 13.2 Å². The molecule has 1 atom stereocenters. The molecular formula is C13H26N2O2. The van der Waals surface area contributed by atoms with Crippen LogP contribution >= 0.6 is 0 Å². The largest absolute Gasteiger partial charge is 0.396 e. The highest BCUT2D eigenvalue weighted by Crippen LogP contribution is 2.26. The first kappa shape index (κ1) is 14.5. The minimum atomic E-state index is -0.0887. The molecule has 100 valence electrons. The van der Waals surface area contributed by atoms with E-state index in [1.54, 1.807) is 0 Å². The van der Waals surface area contributed by atoms with Gasteiger partial charge in [0.15, 0.2) is 0 Å². The first-order chi connectivity index (χ1) is 8.06. The summed E-state index contributed by atoms with van der Waals surface area (Å²) in [7, 11) is 0. The van der Waals surface area contributed by atoms with Gasteiger partial charge in [-0.2, -0.15) is 0 Å². The Morgan fingerprint density at radius 1 is 1.41 bits per heavy atom. The number of hydrogen-bond donors (Lipinski definition) is 2. The van der Waals surface area contributed by atoms with Crippen molar-refractivity contribution < 1.29 is 9.90 Å². The molecule has 4 heteroatoms. The van der Waals surface area contributed by atoms with Crippen molar-refractivity contribution in [3.63, 3.8) is 0 Å². The summed E-state index contributed by atoms with van der Waals surface area (Å²) in [4.78, 5) is 14.2. The lowest BCUT2D eigenvalue weighted by Crippen LogP contribution is -2.53. The smallest absolute Gasteiger partial charge is 0.237 e. The van der Waals surface area contributed by atoms with E-state index in [9.17, 15) is 4.79 Å². The second-order valence-corrected chi connectivity index (χ2v) is 5.24. The molecule has 1 amide bonds. The molecule has 2 N–H and O–H groups in total. The van der Waals surface area contributed by atoms with Crippen molar-refractivity contribution in [3.05, 3.63) is 0 Å². The number of aliphatic hydroxyl groups excluding tert-OH is 1. The number of aliphatic hydroxyl groups is 1. The predicted molar refractivity (Wildman–Crippen MR) is 68.8 cm³/mol. The Morgan fingerprint density at radius 3 is 2.47 bits per heavy atom. The van der Waals surface area contributed by atoms with Gasteiger partial charge in [-0.3, -0.25) is 9.69 Å². The molecule has 1 aliphatic carbocycles. The summed E-state index contributed by atoms with van der Waals surface area (Å²) >= 11 is 0. The van der Waals surface area contributed by atoms with Gasteiger partial charge in [0, 0.05) is 25.2 Å².